The summed E-state index contributed by atoms with van der Waals surface area (Å²) in [4.78, 5) is 20.0. The topological polar surface area (TPSA) is 104 Å². The fraction of sp³-hybridized carbons (Fsp3) is 0.138. The van der Waals surface area contributed by atoms with E-state index in [9.17, 15) is 10.1 Å². The number of nitrogens with zero attached hydrogens (tertiary/aromatic N) is 2. The highest BCUT2D eigenvalue weighted by Crippen LogP contribution is 2.29. The van der Waals surface area contributed by atoms with Gasteiger partial charge in [0.1, 0.15) is 11.6 Å². The number of fused-ring (bicyclic) bond motifs is 2. The predicted molar refractivity (Wildman–Crippen MR) is 140 cm³/mol. The van der Waals surface area contributed by atoms with E-state index >= 15 is 0 Å². The first-order chi connectivity index (χ1) is 17.7. The summed E-state index contributed by atoms with van der Waals surface area (Å²) in [7, 11) is 1.35. The lowest BCUT2D eigenvalue weighted by molar-refractivity contribution is 0.0602. The van der Waals surface area contributed by atoms with Gasteiger partial charge in [-0.1, -0.05) is 30.3 Å². The second-order valence-electron chi connectivity index (χ2n) is 8.01. The van der Waals surface area contributed by atoms with Crippen LogP contribution in [0.1, 0.15) is 22.3 Å². The van der Waals surface area contributed by atoms with Crippen molar-refractivity contribution < 1.29 is 13.9 Å². The molecule has 5 aromatic rings. The number of aryl methyl sites for hydroxylation is 1. The molecule has 7 heteroatoms. The summed E-state index contributed by atoms with van der Waals surface area (Å²) in [6, 6.07) is 21.1. The Hall–Kier alpha value is -5.01. The zero-order chi connectivity index (χ0) is 25.5. The number of hydrogen-bond acceptors (Lipinski definition) is 6. The minimum atomic E-state index is -0.477. The lowest BCUT2D eigenvalue weighted by Crippen LogP contribution is -2.20. The number of oxazole rings is 1. The molecule has 5 rings (SSSR count). The Morgan fingerprint density at radius 2 is 1.94 bits per heavy atom. The molecule has 0 bridgehead atoms. The van der Waals surface area contributed by atoms with Gasteiger partial charge in [-0.3, -0.25) is 0 Å². The van der Waals surface area contributed by atoms with Gasteiger partial charge >= 0.3 is 5.97 Å². The minimum absolute atomic E-state index is 0.368. The van der Waals surface area contributed by atoms with Gasteiger partial charge in [0.15, 0.2) is 12.0 Å². The number of esters is 1. The first-order valence-electron chi connectivity index (χ1n) is 11.3. The quantitative estimate of drug-likeness (QED) is 0.222. The fourth-order valence-electron chi connectivity index (χ4n) is 4.16. The van der Waals surface area contributed by atoms with Crippen LogP contribution in [0, 0.1) is 24.2 Å². The van der Waals surface area contributed by atoms with Crippen LogP contribution in [0.3, 0.4) is 0 Å². The van der Waals surface area contributed by atoms with Crippen LogP contribution in [0.5, 0.6) is 0 Å². The zero-order valence-electron chi connectivity index (χ0n) is 19.7. The van der Waals surface area contributed by atoms with Gasteiger partial charge < -0.3 is 19.5 Å². The van der Waals surface area contributed by atoms with Gasteiger partial charge in [-0.05, 0) is 59.9 Å². The van der Waals surface area contributed by atoms with Crippen LogP contribution in [0.4, 0.5) is 5.69 Å². The number of para-hydroxylation sites is 1. The number of methoxy groups -OCH3 is 1. The van der Waals surface area contributed by atoms with E-state index in [-0.39, 0.29) is 0 Å². The van der Waals surface area contributed by atoms with Crippen molar-refractivity contribution in [2.45, 2.75) is 18.9 Å². The molecule has 7 nitrogen and oxygen atoms in total. The number of carbonyl (C=O) groups excluding carboxylic acids is 1. The Morgan fingerprint density at radius 1 is 1.17 bits per heavy atom. The van der Waals surface area contributed by atoms with Crippen molar-refractivity contribution in [2.75, 3.05) is 12.4 Å². The molecule has 178 valence electrons. The standard InChI is InChI=1S/C27H22N4O3.C2H2/c1-33-27(32)22-12-17(18-8-11-26-25(13-18)30-16-34-26)7-10-24(22)31-20(14-28)9-6-19-15-29-23-5-3-2-4-21(19)23;1-2/h2-5,7-8,10-13,15-16,20,29,31H,6,9H2,1H3;1-2H. The van der Waals surface area contributed by atoms with Crippen LogP contribution >= 0.6 is 0 Å². The number of hydrogen-bond donors (Lipinski definition) is 2. The molecule has 0 aliphatic heterocycles. The molecule has 0 saturated heterocycles. The van der Waals surface area contributed by atoms with E-state index in [2.05, 4.69) is 40.3 Å². The van der Waals surface area contributed by atoms with Crippen LogP contribution in [-0.4, -0.2) is 29.1 Å². The van der Waals surface area contributed by atoms with Gasteiger partial charge in [0.05, 0.1) is 18.7 Å². The number of rotatable bonds is 7. The highest BCUT2D eigenvalue weighted by Gasteiger charge is 2.18. The average molecular weight is 477 g/mol. The number of terminal acetylenes is 1. The van der Waals surface area contributed by atoms with Crippen molar-refractivity contribution in [1.82, 2.24) is 9.97 Å². The van der Waals surface area contributed by atoms with E-state index in [1.54, 1.807) is 6.07 Å². The molecule has 0 amide bonds. The summed E-state index contributed by atoms with van der Waals surface area (Å²) < 4.78 is 10.3. The number of carbonyl (C=O) groups is 1. The SMILES string of the molecule is C#C.COC(=O)c1cc(-c2ccc3ocnc3c2)ccc1NC(C#N)CCc1c[nH]c2ccccc12. The normalized spacial score (nSPS) is 11.3. The van der Waals surface area contributed by atoms with Crippen LogP contribution in [0.2, 0.25) is 0 Å². The largest absolute Gasteiger partial charge is 0.465 e. The molecule has 0 spiro atoms. The molecule has 2 heterocycles. The lowest BCUT2D eigenvalue weighted by Gasteiger charge is -2.16. The van der Waals surface area contributed by atoms with Gasteiger partial charge in [-0.2, -0.15) is 5.26 Å². The Balaban J connectivity index is 0.00000148. The first kappa shape index (κ1) is 24.1. The molecule has 0 saturated carbocycles. The maximum Gasteiger partial charge on any atom is 0.339 e. The molecule has 0 radical (unpaired) electrons. The van der Waals surface area contributed by atoms with Gasteiger partial charge in [0, 0.05) is 22.8 Å². The molecule has 1 atom stereocenters. The highest BCUT2D eigenvalue weighted by molar-refractivity contribution is 5.97. The average Bonchev–Trinajstić information content (AvgIpc) is 3.58. The molecule has 0 aliphatic carbocycles. The summed E-state index contributed by atoms with van der Waals surface area (Å²) in [6.07, 6.45) is 12.7. The molecular formula is C29H24N4O3. The van der Waals surface area contributed by atoms with E-state index in [0.717, 1.165) is 39.5 Å². The molecule has 2 N–H and O–H groups in total. The Kier molecular flexibility index (Phi) is 7.33. The summed E-state index contributed by atoms with van der Waals surface area (Å²) in [5, 5.41) is 14.2. The van der Waals surface area contributed by atoms with Crippen molar-refractivity contribution in [1.29, 1.82) is 5.26 Å². The Bertz CT molecular complexity index is 1570. The third-order valence-electron chi connectivity index (χ3n) is 5.95. The number of aromatic amines is 1. The number of ether oxygens (including phenoxy) is 1. The van der Waals surface area contributed by atoms with E-state index < -0.39 is 12.0 Å². The number of H-pyrrole nitrogens is 1. The number of nitriles is 1. The minimum Gasteiger partial charge on any atom is -0.465 e. The molecule has 3 aromatic carbocycles. The van der Waals surface area contributed by atoms with Crippen LogP contribution in [0.15, 0.2) is 77.7 Å². The van der Waals surface area contributed by atoms with Crippen LogP contribution in [0.25, 0.3) is 33.1 Å². The fourth-order valence-corrected chi connectivity index (χ4v) is 4.16. The van der Waals surface area contributed by atoms with E-state index in [0.29, 0.717) is 23.3 Å². The van der Waals surface area contributed by atoms with E-state index in [1.165, 1.54) is 13.5 Å². The van der Waals surface area contributed by atoms with Crippen LogP contribution < -0.4 is 5.32 Å². The third kappa shape index (κ3) is 4.91. The van der Waals surface area contributed by atoms with Crippen molar-refractivity contribution in [3.63, 3.8) is 0 Å². The number of aromatic nitrogens is 2. The maximum absolute atomic E-state index is 12.6. The molecule has 0 aliphatic rings. The van der Waals surface area contributed by atoms with Gasteiger partial charge in [-0.15, -0.1) is 12.8 Å². The monoisotopic (exact) mass is 476 g/mol. The predicted octanol–water partition coefficient (Wildman–Crippen LogP) is 5.95. The number of benzene rings is 3. The molecule has 36 heavy (non-hydrogen) atoms. The smallest absolute Gasteiger partial charge is 0.339 e. The molecule has 2 aromatic heterocycles. The summed E-state index contributed by atoms with van der Waals surface area (Å²) in [5.41, 5.74) is 6.33. The summed E-state index contributed by atoms with van der Waals surface area (Å²) >= 11 is 0. The number of anilines is 1. The van der Waals surface area contributed by atoms with Crippen molar-refractivity contribution in [2.24, 2.45) is 0 Å². The van der Waals surface area contributed by atoms with E-state index in [1.807, 2.05) is 54.7 Å². The third-order valence-corrected chi connectivity index (χ3v) is 5.95. The van der Waals surface area contributed by atoms with Gasteiger partial charge in [0.25, 0.3) is 0 Å². The molecular weight excluding hydrogens is 452 g/mol. The van der Waals surface area contributed by atoms with Crippen LogP contribution in [-0.2, 0) is 11.2 Å². The molecule has 1 unspecified atom stereocenters. The molecule has 0 fully saturated rings. The highest BCUT2D eigenvalue weighted by atomic mass is 16.5. The first-order valence-corrected chi connectivity index (χ1v) is 11.3. The zero-order valence-corrected chi connectivity index (χ0v) is 19.7. The summed E-state index contributed by atoms with van der Waals surface area (Å²) in [5.74, 6) is -0.472. The van der Waals surface area contributed by atoms with Crippen molar-refractivity contribution in [3.8, 4) is 30.0 Å². The Morgan fingerprint density at radius 3 is 2.75 bits per heavy atom. The lowest BCUT2D eigenvalue weighted by atomic mass is 10.00. The van der Waals surface area contributed by atoms with Crippen molar-refractivity contribution >= 4 is 33.7 Å². The second-order valence-corrected chi connectivity index (χ2v) is 8.01. The maximum atomic E-state index is 12.6. The van der Waals surface area contributed by atoms with Gasteiger partial charge in [-0.25, -0.2) is 9.78 Å². The van der Waals surface area contributed by atoms with Crippen molar-refractivity contribution in [3.05, 3.63) is 84.4 Å². The summed E-state index contributed by atoms with van der Waals surface area (Å²) in [6.45, 7) is 0. The van der Waals surface area contributed by atoms with E-state index in [4.69, 9.17) is 9.15 Å². The second kappa shape index (κ2) is 10.9. The van der Waals surface area contributed by atoms with Gasteiger partial charge in [0.2, 0.25) is 0 Å². The number of nitrogens with one attached hydrogen (secondary N) is 2. The Labute approximate surface area is 208 Å².